The number of amides is 1. The molecule has 1 amide bonds. The van der Waals surface area contributed by atoms with Gasteiger partial charge in [0.1, 0.15) is 0 Å². The molecule has 0 spiro atoms. The minimum atomic E-state index is 0.0167. The summed E-state index contributed by atoms with van der Waals surface area (Å²) in [5.41, 5.74) is 8.52. The summed E-state index contributed by atoms with van der Waals surface area (Å²) < 4.78 is 0. The largest absolute Gasteiger partial charge is 0.397 e. The lowest BCUT2D eigenvalue weighted by Gasteiger charge is -2.20. The quantitative estimate of drug-likeness (QED) is 0.695. The molecule has 4 N–H and O–H groups in total. The number of hydrogen-bond donors (Lipinski definition) is 3. The Hall–Kier alpha value is -2.24. The second-order valence-corrected chi connectivity index (χ2v) is 4.21. The number of hydrogen-bond acceptors (Lipinski definition) is 4. The highest BCUT2D eigenvalue weighted by atomic mass is 16.1. The first-order valence-electron chi connectivity index (χ1n) is 5.76. The fourth-order valence-electron chi connectivity index (χ4n) is 1.84. The molecule has 2 rings (SSSR count). The normalized spacial score (nSPS) is 10.6. The van der Waals surface area contributed by atoms with Gasteiger partial charge in [0.05, 0.1) is 23.1 Å². The summed E-state index contributed by atoms with van der Waals surface area (Å²) in [5.74, 6) is 0.0167. The molecule has 1 aromatic carbocycles. The molecule has 0 unspecified atom stereocenters. The third-order valence-corrected chi connectivity index (χ3v) is 2.95. The first-order chi connectivity index (χ1) is 8.61. The zero-order chi connectivity index (χ0) is 13.1. The predicted octanol–water partition coefficient (Wildman–Crippen LogP) is 0.717. The van der Waals surface area contributed by atoms with Crippen molar-refractivity contribution < 1.29 is 4.79 Å². The van der Waals surface area contributed by atoms with Crippen LogP contribution in [0.1, 0.15) is 6.42 Å². The zero-order valence-corrected chi connectivity index (χ0v) is 10.5. The van der Waals surface area contributed by atoms with Crippen molar-refractivity contribution in [3.8, 4) is 0 Å². The summed E-state index contributed by atoms with van der Waals surface area (Å²) in [4.78, 5) is 13.2. The molecule has 0 saturated carbocycles. The number of nitrogen functional groups attached to an aromatic ring is 1. The fourth-order valence-corrected chi connectivity index (χ4v) is 1.84. The molecule has 1 aromatic heterocycles. The Balaban J connectivity index is 2.18. The van der Waals surface area contributed by atoms with Crippen molar-refractivity contribution in [2.75, 3.05) is 31.3 Å². The maximum atomic E-state index is 11.2. The van der Waals surface area contributed by atoms with E-state index < -0.39 is 0 Å². The Kier molecular flexibility index (Phi) is 3.36. The van der Waals surface area contributed by atoms with Gasteiger partial charge in [0.2, 0.25) is 5.91 Å². The number of H-pyrrole nitrogens is 1. The fraction of sp³-hybridized carbons (Fsp3) is 0.333. The van der Waals surface area contributed by atoms with Crippen molar-refractivity contribution in [2.24, 2.45) is 0 Å². The molecule has 0 aliphatic rings. The van der Waals surface area contributed by atoms with E-state index in [-0.39, 0.29) is 5.91 Å². The molecule has 2 aromatic rings. The van der Waals surface area contributed by atoms with E-state index in [1.807, 2.05) is 24.1 Å². The van der Waals surface area contributed by atoms with Crippen LogP contribution in [-0.4, -0.2) is 36.7 Å². The molecule has 1 heterocycles. The van der Waals surface area contributed by atoms with E-state index in [9.17, 15) is 4.79 Å². The lowest BCUT2D eigenvalue weighted by Crippen LogP contribution is -2.26. The minimum Gasteiger partial charge on any atom is -0.397 e. The van der Waals surface area contributed by atoms with Crippen molar-refractivity contribution in [1.29, 1.82) is 0 Å². The van der Waals surface area contributed by atoms with Crippen LogP contribution < -0.4 is 16.0 Å². The van der Waals surface area contributed by atoms with Crippen LogP contribution in [0.25, 0.3) is 10.9 Å². The number of nitrogens with zero attached hydrogens (tertiary/aromatic N) is 2. The summed E-state index contributed by atoms with van der Waals surface area (Å²) in [6.45, 7) is 0.615. The number of aromatic nitrogens is 2. The van der Waals surface area contributed by atoms with Gasteiger partial charge in [-0.05, 0) is 12.1 Å². The van der Waals surface area contributed by atoms with Gasteiger partial charge in [-0.25, -0.2) is 0 Å². The first-order valence-corrected chi connectivity index (χ1v) is 5.76. The minimum absolute atomic E-state index is 0.0167. The van der Waals surface area contributed by atoms with Crippen LogP contribution in [0.15, 0.2) is 18.3 Å². The molecule has 0 fully saturated rings. The van der Waals surface area contributed by atoms with E-state index in [4.69, 9.17) is 5.73 Å². The lowest BCUT2D eigenvalue weighted by molar-refractivity contribution is -0.120. The number of aromatic amines is 1. The molecular weight excluding hydrogens is 230 g/mol. The average molecular weight is 247 g/mol. The van der Waals surface area contributed by atoms with Gasteiger partial charge < -0.3 is 16.0 Å². The van der Waals surface area contributed by atoms with E-state index in [2.05, 4.69) is 15.5 Å². The van der Waals surface area contributed by atoms with Crippen molar-refractivity contribution in [1.82, 2.24) is 15.5 Å². The molecule has 0 aliphatic carbocycles. The van der Waals surface area contributed by atoms with Gasteiger partial charge >= 0.3 is 0 Å². The monoisotopic (exact) mass is 247 g/mol. The van der Waals surface area contributed by atoms with Crippen molar-refractivity contribution in [3.63, 3.8) is 0 Å². The maximum Gasteiger partial charge on any atom is 0.221 e. The smallest absolute Gasteiger partial charge is 0.221 e. The Bertz CT molecular complexity index is 563. The highest BCUT2D eigenvalue weighted by molar-refractivity contribution is 5.89. The first kappa shape index (κ1) is 12.2. The van der Waals surface area contributed by atoms with E-state index >= 15 is 0 Å². The summed E-state index contributed by atoms with van der Waals surface area (Å²) in [7, 11) is 3.55. The molecule has 0 atom stereocenters. The van der Waals surface area contributed by atoms with Gasteiger partial charge in [-0.2, -0.15) is 5.10 Å². The number of carbonyl (C=O) groups excluding carboxylic acids is 1. The maximum absolute atomic E-state index is 11.2. The molecule has 0 bridgehead atoms. The predicted molar refractivity (Wildman–Crippen MR) is 72.5 cm³/mol. The Morgan fingerprint density at radius 3 is 3.06 bits per heavy atom. The van der Waals surface area contributed by atoms with Gasteiger partial charge in [-0.3, -0.25) is 9.89 Å². The van der Waals surface area contributed by atoms with Gasteiger partial charge in [0.15, 0.2) is 0 Å². The van der Waals surface area contributed by atoms with Crippen LogP contribution >= 0.6 is 0 Å². The van der Waals surface area contributed by atoms with E-state index in [0.29, 0.717) is 18.7 Å². The highest BCUT2D eigenvalue weighted by Crippen LogP contribution is 2.27. The number of fused-ring (bicyclic) bond motifs is 1. The highest BCUT2D eigenvalue weighted by Gasteiger charge is 2.09. The number of carbonyl (C=O) groups is 1. The summed E-state index contributed by atoms with van der Waals surface area (Å²) in [5, 5.41) is 10.5. The van der Waals surface area contributed by atoms with E-state index in [0.717, 1.165) is 16.6 Å². The second kappa shape index (κ2) is 4.95. The van der Waals surface area contributed by atoms with Crippen LogP contribution in [0.3, 0.4) is 0 Å². The number of anilines is 2. The number of nitrogens with one attached hydrogen (secondary N) is 2. The van der Waals surface area contributed by atoms with Crippen LogP contribution in [0.4, 0.5) is 11.4 Å². The molecule has 6 nitrogen and oxygen atoms in total. The lowest BCUT2D eigenvalue weighted by atomic mass is 10.2. The second-order valence-electron chi connectivity index (χ2n) is 4.21. The Labute approximate surface area is 105 Å². The molecule has 0 saturated heterocycles. The van der Waals surface area contributed by atoms with E-state index in [1.54, 1.807) is 13.2 Å². The zero-order valence-electron chi connectivity index (χ0n) is 10.5. The number of rotatable bonds is 4. The molecule has 0 radical (unpaired) electrons. The Morgan fingerprint density at radius 1 is 1.56 bits per heavy atom. The van der Waals surface area contributed by atoms with Gasteiger partial charge in [-0.1, -0.05) is 0 Å². The van der Waals surface area contributed by atoms with Crippen LogP contribution in [0.5, 0.6) is 0 Å². The molecule has 96 valence electrons. The van der Waals surface area contributed by atoms with Crippen LogP contribution in [0, 0.1) is 0 Å². The molecule has 6 heteroatoms. The van der Waals surface area contributed by atoms with Gasteiger partial charge in [-0.15, -0.1) is 0 Å². The van der Waals surface area contributed by atoms with Crippen molar-refractivity contribution in [2.45, 2.75) is 6.42 Å². The Morgan fingerprint density at radius 2 is 2.33 bits per heavy atom. The topological polar surface area (TPSA) is 87.0 Å². The number of benzene rings is 1. The van der Waals surface area contributed by atoms with Crippen LogP contribution in [0.2, 0.25) is 0 Å². The van der Waals surface area contributed by atoms with Crippen molar-refractivity contribution >= 4 is 28.2 Å². The third-order valence-electron chi connectivity index (χ3n) is 2.95. The van der Waals surface area contributed by atoms with E-state index in [1.165, 1.54) is 0 Å². The standard InChI is InChI=1S/C12H17N5O/c1-14-12(18)3-4-17(2)11-6-10-8(5-9(11)13)7-15-16-10/h5-7H,3-4,13H2,1-2H3,(H,14,18)(H,15,16). The summed E-state index contributed by atoms with van der Waals surface area (Å²) in [6.07, 6.45) is 2.17. The van der Waals surface area contributed by atoms with Crippen molar-refractivity contribution in [3.05, 3.63) is 18.3 Å². The molecule has 0 aliphatic heterocycles. The number of nitrogens with two attached hydrogens (primary N) is 1. The third kappa shape index (κ3) is 2.37. The van der Waals surface area contributed by atoms with Gasteiger partial charge in [0, 0.05) is 32.4 Å². The molecular formula is C12H17N5O. The molecule has 18 heavy (non-hydrogen) atoms. The average Bonchev–Trinajstić information content (AvgIpc) is 2.81. The SMILES string of the molecule is CNC(=O)CCN(C)c1cc2[nH]ncc2cc1N. The van der Waals surface area contributed by atoms with Crippen LogP contribution in [-0.2, 0) is 4.79 Å². The summed E-state index contributed by atoms with van der Waals surface area (Å²) >= 11 is 0. The van der Waals surface area contributed by atoms with Gasteiger partial charge in [0.25, 0.3) is 0 Å². The summed E-state index contributed by atoms with van der Waals surface area (Å²) in [6, 6.07) is 3.83.